The molecule has 0 N–H and O–H groups in total. The third-order valence-corrected chi connectivity index (χ3v) is 6.90. The monoisotopic (exact) mass is 428 g/mol. The Labute approximate surface area is 188 Å². The highest BCUT2D eigenvalue weighted by Gasteiger charge is 2.30. The van der Waals surface area contributed by atoms with Gasteiger partial charge in [0.15, 0.2) is 0 Å². The third kappa shape index (κ3) is 5.78. The molecule has 0 bridgehead atoms. The van der Waals surface area contributed by atoms with Crippen molar-refractivity contribution in [2.45, 2.75) is 57.0 Å². The largest absolute Gasteiger partial charge is 0.496 e. The molecule has 1 aliphatic heterocycles. The molecule has 1 heterocycles. The van der Waals surface area contributed by atoms with Crippen LogP contribution in [0, 0.1) is 0 Å². The van der Waals surface area contributed by atoms with E-state index in [1.807, 2.05) is 0 Å². The van der Waals surface area contributed by atoms with Crippen molar-refractivity contribution < 1.29 is 4.74 Å². The van der Waals surface area contributed by atoms with Gasteiger partial charge < -0.3 is 4.74 Å². The quantitative estimate of drug-likeness (QED) is 0.545. The standard InChI is InChI=1S/C26H36N2O.ClH/c1-29-26-16-10-9-15-24(26)25(21-22-11-5-4-6-12-22)28-19-17-27(18-20-28)23-13-7-2-3-8-14-23;/h4-6,9-12,15-16,23,25H,2-3,7-8,13-14,17-21H2,1H3;1H. The van der Waals surface area contributed by atoms with Crippen molar-refractivity contribution in [2.24, 2.45) is 0 Å². The number of methoxy groups -OCH3 is 1. The van der Waals surface area contributed by atoms with E-state index >= 15 is 0 Å². The lowest BCUT2D eigenvalue weighted by molar-refractivity contribution is 0.0626. The van der Waals surface area contributed by atoms with E-state index in [2.05, 4.69) is 64.4 Å². The number of piperazine rings is 1. The Balaban J connectivity index is 0.00000256. The number of rotatable bonds is 6. The van der Waals surface area contributed by atoms with Crippen LogP contribution in [0.15, 0.2) is 54.6 Å². The van der Waals surface area contributed by atoms with E-state index in [4.69, 9.17) is 4.74 Å². The van der Waals surface area contributed by atoms with Crippen molar-refractivity contribution in [3.05, 3.63) is 65.7 Å². The second-order valence-electron chi connectivity index (χ2n) is 8.66. The van der Waals surface area contributed by atoms with Crippen LogP contribution >= 0.6 is 12.4 Å². The molecule has 1 saturated carbocycles. The molecule has 0 radical (unpaired) electrons. The molecule has 30 heavy (non-hydrogen) atoms. The molecule has 2 fully saturated rings. The van der Waals surface area contributed by atoms with Crippen LogP contribution in [0.4, 0.5) is 0 Å². The Bertz CT molecular complexity index is 738. The Kier molecular flexibility index (Phi) is 9.05. The minimum absolute atomic E-state index is 0. The second-order valence-corrected chi connectivity index (χ2v) is 8.66. The summed E-state index contributed by atoms with van der Waals surface area (Å²) in [6.45, 7) is 4.69. The number of halogens is 1. The summed E-state index contributed by atoms with van der Waals surface area (Å²) in [5, 5.41) is 0. The maximum Gasteiger partial charge on any atom is 0.123 e. The molecule has 0 aromatic heterocycles. The Morgan fingerprint density at radius 1 is 0.833 bits per heavy atom. The molecule has 3 nitrogen and oxygen atoms in total. The molecule has 2 aromatic rings. The number of ether oxygens (including phenoxy) is 1. The average molecular weight is 429 g/mol. The number of benzene rings is 2. The minimum Gasteiger partial charge on any atom is -0.496 e. The smallest absolute Gasteiger partial charge is 0.123 e. The summed E-state index contributed by atoms with van der Waals surface area (Å²) in [6.07, 6.45) is 9.54. The molecular weight excluding hydrogens is 392 g/mol. The summed E-state index contributed by atoms with van der Waals surface area (Å²) in [5.74, 6) is 1.01. The van der Waals surface area contributed by atoms with Gasteiger partial charge >= 0.3 is 0 Å². The van der Waals surface area contributed by atoms with Crippen LogP contribution in [-0.4, -0.2) is 49.1 Å². The van der Waals surface area contributed by atoms with Gasteiger partial charge in [0.25, 0.3) is 0 Å². The van der Waals surface area contributed by atoms with Crippen molar-refractivity contribution in [1.82, 2.24) is 9.80 Å². The van der Waals surface area contributed by atoms with Crippen LogP contribution in [0.25, 0.3) is 0 Å². The molecule has 0 spiro atoms. The number of hydrogen-bond donors (Lipinski definition) is 0. The van der Waals surface area contributed by atoms with Crippen LogP contribution in [0.2, 0.25) is 0 Å². The lowest BCUT2D eigenvalue weighted by Gasteiger charge is -2.42. The first-order valence-corrected chi connectivity index (χ1v) is 11.5. The zero-order valence-electron chi connectivity index (χ0n) is 18.3. The lowest BCUT2D eigenvalue weighted by Crippen LogP contribution is -2.51. The lowest BCUT2D eigenvalue weighted by atomic mass is 9.95. The van der Waals surface area contributed by atoms with Gasteiger partial charge in [-0.15, -0.1) is 12.4 Å². The zero-order valence-corrected chi connectivity index (χ0v) is 19.2. The van der Waals surface area contributed by atoms with E-state index in [0.29, 0.717) is 6.04 Å². The van der Waals surface area contributed by atoms with Crippen LogP contribution < -0.4 is 4.74 Å². The summed E-state index contributed by atoms with van der Waals surface area (Å²) in [7, 11) is 1.79. The molecule has 4 rings (SSSR count). The van der Waals surface area contributed by atoms with Crippen molar-refractivity contribution in [2.75, 3.05) is 33.3 Å². The van der Waals surface area contributed by atoms with Gasteiger partial charge in [0, 0.05) is 43.8 Å². The summed E-state index contributed by atoms with van der Waals surface area (Å²) in [5.41, 5.74) is 2.72. The van der Waals surface area contributed by atoms with Gasteiger partial charge in [0.05, 0.1) is 7.11 Å². The van der Waals surface area contributed by atoms with E-state index in [0.717, 1.165) is 31.3 Å². The molecule has 1 atom stereocenters. The van der Waals surface area contributed by atoms with Crippen LogP contribution in [0.3, 0.4) is 0 Å². The summed E-state index contributed by atoms with van der Waals surface area (Å²) in [4.78, 5) is 5.47. The Morgan fingerprint density at radius 3 is 2.13 bits per heavy atom. The highest BCUT2D eigenvalue weighted by Crippen LogP contribution is 2.33. The van der Waals surface area contributed by atoms with Gasteiger partial charge in [-0.05, 0) is 30.9 Å². The first kappa shape index (κ1) is 23.1. The highest BCUT2D eigenvalue weighted by molar-refractivity contribution is 5.85. The first-order chi connectivity index (χ1) is 14.3. The van der Waals surface area contributed by atoms with Gasteiger partial charge in [-0.25, -0.2) is 0 Å². The maximum absolute atomic E-state index is 5.75. The first-order valence-electron chi connectivity index (χ1n) is 11.5. The van der Waals surface area contributed by atoms with Crippen molar-refractivity contribution >= 4 is 12.4 Å². The number of nitrogens with zero attached hydrogens (tertiary/aromatic N) is 2. The van der Waals surface area contributed by atoms with E-state index in [-0.39, 0.29) is 12.4 Å². The van der Waals surface area contributed by atoms with Crippen molar-refractivity contribution in [3.63, 3.8) is 0 Å². The van der Waals surface area contributed by atoms with Gasteiger partial charge in [0.2, 0.25) is 0 Å². The van der Waals surface area contributed by atoms with Crippen LogP contribution in [0.5, 0.6) is 5.75 Å². The van der Waals surface area contributed by atoms with Crippen LogP contribution in [-0.2, 0) is 6.42 Å². The zero-order chi connectivity index (χ0) is 19.9. The fraction of sp³-hybridized carbons (Fsp3) is 0.538. The third-order valence-electron chi connectivity index (χ3n) is 6.90. The highest BCUT2D eigenvalue weighted by atomic mass is 35.5. The molecule has 164 valence electrons. The molecule has 2 aliphatic rings. The summed E-state index contributed by atoms with van der Waals surface area (Å²) in [6, 6.07) is 20.7. The van der Waals surface area contributed by atoms with Gasteiger partial charge in [-0.1, -0.05) is 74.2 Å². The molecule has 1 aliphatic carbocycles. The molecule has 4 heteroatoms. The average Bonchev–Trinajstić information content (AvgIpc) is 3.08. The predicted molar refractivity (Wildman–Crippen MR) is 128 cm³/mol. The fourth-order valence-corrected chi connectivity index (χ4v) is 5.25. The molecule has 0 amide bonds. The van der Waals surface area contributed by atoms with E-state index in [9.17, 15) is 0 Å². The minimum atomic E-state index is 0. The Hall–Kier alpha value is -1.55. The SMILES string of the molecule is COc1ccccc1C(Cc1ccccc1)N1CCN(C2CCCCCC2)CC1.Cl. The van der Waals surface area contributed by atoms with E-state index < -0.39 is 0 Å². The van der Waals surface area contributed by atoms with E-state index in [1.54, 1.807) is 7.11 Å². The van der Waals surface area contributed by atoms with Gasteiger partial charge in [-0.2, -0.15) is 0 Å². The Morgan fingerprint density at radius 2 is 1.47 bits per heavy atom. The second kappa shape index (κ2) is 11.7. The predicted octanol–water partition coefficient (Wildman–Crippen LogP) is 5.74. The number of para-hydroxylation sites is 1. The molecule has 1 saturated heterocycles. The van der Waals surface area contributed by atoms with E-state index in [1.165, 1.54) is 62.7 Å². The summed E-state index contributed by atoms with van der Waals surface area (Å²) >= 11 is 0. The molecular formula is C26H37ClN2O. The van der Waals surface area contributed by atoms with Crippen molar-refractivity contribution in [1.29, 1.82) is 0 Å². The summed E-state index contributed by atoms with van der Waals surface area (Å²) < 4.78 is 5.75. The normalized spacial score (nSPS) is 20.2. The topological polar surface area (TPSA) is 15.7 Å². The van der Waals surface area contributed by atoms with Crippen LogP contribution in [0.1, 0.15) is 55.7 Å². The molecule has 2 aromatic carbocycles. The van der Waals surface area contributed by atoms with Crippen molar-refractivity contribution in [3.8, 4) is 5.75 Å². The number of hydrogen-bond acceptors (Lipinski definition) is 3. The van der Waals surface area contributed by atoms with Gasteiger partial charge in [-0.3, -0.25) is 9.80 Å². The maximum atomic E-state index is 5.75. The molecule has 1 unspecified atom stereocenters. The fourth-order valence-electron chi connectivity index (χ4n) is 5.25. The van der Waals surface area contributed by atoms with Gasteiger partial charge in [0.1, 0.15) is 5.75 Å².